The van der Waals surface area contributed by atoms with Crippen LogP contribution >= 0.6 is 0 Å². The average Bonchev–Trinajstić information content (AvgIpc) is 3.08. The number of fused-ring (bicyclic) bond motifs is 2. The fourth-order valence-corrected chi connectivity index (χ4v) is 4.26. The van der Waals surface area contributed by atoms with Crippen LogP contribution in [0.1, 0.15) is 47.6 Å². The van der Waals surface area contributed by atoms with Crippen molar-refractivity contribution in [2.75, 3.05) is 6.54 Å². The predicted octanol–water partition coefficient (Wildman–Crippen LogP) is 2.83. The highest BCUT2D eigenvalue weighted by molar-refractivity contribution is 5.84. The van der Waals surface area contributed by atoms with E-state index < -0.39 is 0 Å². The normalized spacial score (nSPS) is 13.6. The van der Waals surface area contributed by atoms with Crippen LogP contribution in [-0.4, -0.2) is 27.0 Å². The van der Waals surface area contributed by atoms with Gasteiger partial charge in [-0.2, -0.15) is 0 Å². The molecule has 1 aromatic carbocycles. The lowest BCUT2D eigenvalue weighted by Gasteiger charge is -2.17. The maximum Gasteiger partial charge on any atom is 0.219 e. The van der Waals surface area contributed by atoms with Gasteiger partial charge >= 0.3 is 0 Å². The molecule has 0 aliphatic heterocycles. The number of primary amides is 1. The number of carbonyl (C=O) groups excluding carboxylic acids is 1. The molecule has 3 aromatic rings. The summed E-state index contributed by atoms with van der Waals surface area (Å²) in [6, 6.07) is 8.29. The number of aryl methyl sites for hydroxylation is 3. The molecule has 0 saturated carbocycles. The minimum atomic E-state index is -0.275. The third-order valence-electron chi connectivity index (χ3n) is 5.75. The second-order valence-corrected chi connectivity index (χ2v) is 7.87. The predicted molar refractivity (Wildman–Crippen MR) is 115 cm³/mol. The molecule has 0 fully saturated rings. The van der Waals surface area contributed by atoms with Gasteiger partial charge in [-0.25, -0.2) is 9.97 Å². The van der Waals surface area contributed by atoms with Gasteiger partial charge < -0.3 is 15.6 Å². The first-order chi connectivity index (χ1) is 14.1. The minimum absolute atomic E-state index is 0.275. The lowest BCUT2D eigenvalue weighted by Crippen LogP contribution is -2.19. The van der Waals surface area contributed by atoms with Crippen LogP contribution in [0, 0.1) is 6.92 Å². The van der Waals surface area contributed by atoms with Crippen LogP contribution < -0.4 is 11.1 Å². The van der Waals surface area contributed by atoms with Crippen LogP contribution in [0.3, 0.4) is 0 Å². The van der Waals surface area contributed by atoms with Crippen LogP contribution in [-0.2, 0) is 37.1 Å². The Hall–Kier alpha value is -2.73. The number of para-hydroxylation sites is 1. The number of amides is 1. The van der Waals surface area contributed by atoms with E-state index in [-0.39, 0.29) is 5.91 Å². The Labute approximate surface area is 171 Å². The molecule has 2 heterocycles. The van der Waals surface area contributed by atoms with Crippen LogP contribution in [0.2, 0.25) is 0 Å². The van der Waals surface area contributed by atoms with Gasteiger partial charge in [0.05, 0.1) is 0 Å². The Morgan fingerprint density at radius 2 is 2.03 bits per heavy atom. The summed E-state index contributed by atoms with van der Waals surface area (Å²) in [4.78, 5) is 20.7. The number of carbonyl (C=O) groups is 1. The van der Waals surface area contributed by atoms with Crippen molar-refractivity contribution in [3.05, 3.63) is 58.8 Å². The summed E-state index contributed by atoms with van der Waals surface area (Å²) in [6.45, 7) is 4.33. The van der Waals surface area contributed by atoms with E-state index in [1.807, 2.05) is 12.1 Å². The number of nitrogens with zero attached hydrogens (tertiary/aromatic N) is 3. The number of benzene rings is 1. The van der Waals surface area contributed by atoms with Crippen molar-refractivity contribution < 1.29 is 4.79 Å². The molecule has 4 rings (SSSR count). The number of hydrogen-bond acceptors (Lipinski definition) is 4. The second kappa shape index (κ2) is 8.74. The van der Waals surface area contributed by atoms with Crippen molar-refractivity contribution in [2.24, 2.45) is 5.73 Å². The zero-order valence-corrected chi connectivity index (χ0v) is 17.1. The first-order valence-corrected chi connectivity index (χ1v) is 10.5. The summed E-state index contributed by atoms with van der Waals surface area (Å²) < 4.78 is 2.12. The topological polar surface area (TPSA) is 85.8 Å². The maximum absolute atomic E-state index is 11.2. The average molecular weight is 392 g/mol. The molecule has 6 nitrogen and oxygen atoms in total. The van der Waals surface area contributed by atoms with Gasteiger partial charge in [0.25, 0.3) is 0 Å². The summed E-state index contributed by atoms with van der Waals surface area (Å²) in [5, 5.41) is 4.75. The Morgan fingerprint density at radius 3 is 2.90 bits per heavy atom. The van der Waals surface area contributed by atoms with Crippen molar-refractivity contribution in [2.45, 2.75) is 58.5 Å². The molecular formula is C23H29N5O. The molecule has 1 amide bonds. The molecule has 3 N–H and O–H groups in total. The minimum Gasteiger partial charge on any atom is -0.370 e. The molecule has 6 heteroatoms. The molecule has 2 aromatic heterocycles. The van der Waals surface area contributed by atoms with Crippen molar-refractivity contribution in [3.63, 3.8) is 0 Å². The van der Waals surface area contributed by atoms with E-state index in [9.17, 15) is 4.79 Å². The highest BCUT2D eigenvalue weighted by Gasteiger charge is 2.15. The Bertz CT molecular complexity index is 1020. The third-order valence-corrected chi connectivity index (χ3v) is 5.75. The van der Waals surface area contributed by atoms with Crippen molar-refractivity contribution in [3.8, 4) is 0 Å². The summed E-state index contributed by atoms with van der Waals surface area (Å²) in [7, 11) is 0. The fraction of sp³-hybridized carbons (Fsp3) is 0.435. The zero-order chi connectivity index (χ0) is 20.2. The van der Waals surface area contributed by atoms with Gasteiger partial charge in [-0.15, -0.1) is 0 Å². The molecule has 0 unspecified atom stereocenters. The van der Waals surface area contributed by atoms with E-state index >= 15 is 0 Å². The Morgan fingerprint density at radius 1 is 1.21 bits per heavy atom. The van der Waals surface area contributed by atoms with Crippen molar-refractivity contribution in [1.29, 1.82) is 0 Å². The largest absolute Gasteiger partial charge is 0.370 e. The number of rotatable bonds is 8. The van der Waals surface area contributed by atoms with Gasteiger partial charge in [0.15, 0.2) is 0 Å². The van der Waals surface area contributed by atoms with Crippen LogP contribution in [0.5, 0.6) is 0 Å². The summed E-state index contributed by atoms with van der Waals surface area (Å²) >= 11 is 0. The van der Waals surface area contributed by atoms with Gasteiger partial charge in [-0.1, -0.05) is 18.2 Å². The van der Waals surface area contributed by atoms with E-state index in [1.54, 1.807) is 0 Å². The van der Waals surface area contributed by atoms with E-state index in [4.69, 9.17) is 15.7 Å². The van der Waals surface area contributed by atoms with E-state index in [0.29, 0.717) is 13.0 Å². The number of nitrogens with two attached hydrogens (primary N) is 1. The lowest BCUT2D eigenvalue weighted by atomic mass is 9.95. The van der Waals surface area contributed by atoms with Gasteiger partial charge in [-0.05, 0) is 49.8 Å². The van der Waals surface area contributed by atoms with E-state index in [0.717, 1.165) is 49.4 Å². The Kier molecular flexibility index (Phi) is 5.90. The molecule has 1 aliphatic carbocycles. The molecule has 0 bridgehead atoms. The summed E-state index contributed by atoms with van der Waals surface area (Å²) in [6.07, 6.45) is 8.00. The Balaban J connectivity index is 1.39. The standard InChI is InChI=1S/C23H29N5O/c1-16-18-6-2-4-8-20(18)27-23(26-16)10-12-25-14-17-15-28(13-11-22(24)29)21-9-5-3-7-19(17)21/h3,5,7,9,15,25H,2,4,6,8,10-14H2,1H3,(H2,24,29). The SMILES string of the molecule is Cc1nc(CCNCc2cn(CCC(N)=O)c3ccccc23)nc2c1CCCC2. The quantitative estimate of drug-likeness (QED) is 0.578. The van der Waals surface area contributed by atoms with Gasteiger partial charge in [0.2, 0.25) is 5.91 Å². The molecule has 0 atom stereocenters. The number of aromatic nitrogens is 3. The first-order valence-electron chi connectivity index (χ1n) is 10.5. The number of hydrogen-bond donors (Lipinski definition) is 2. The van der Waals surface area contributed by atoms with Gasteiger partial charge in [0.1, 0.15) is 5.82 Å². The molecular weight excluding hydrogens is 362 g/mol. The third kappa shape index (κ3) is 4.48. The van der Waals surface area contributed by atoms with Gasteiger partial charge in [-0.3, -0.25) is 4.79 Å². The molecule has 1 aliphatic rings. The van der Waals surface area contributed by atoms with E-state index in [1.165, 1.54) is 35.0 Å². The van der Waals surface area contributed by atoms with Crippen LogP contribution in [0.25, 0.3) is 10.9 Å². The highest BCUT2D eigenvalue weighted by Crippen LogP contribution is 2.23. The molecule has 0 spiro atoms. The summed E-state index contributed by atoms with van der Waals surface area (Å²) in [5.41, 5.74) is 11.5. The number of nitrogens with one attached hydrogen (secondary N) is 1. The lowest BCUT2D eigenvalue weighted by molar-refractivity contribution is -0.118. The monoisotopic (exact) mass is 391 g/mol. The van der Waals surface area contributed by atoms with Crippen molar-refractivity contribution >= 4 is 16.8 Å². The molecule has 152 valence electrons. The zero-order valence-electron chi connectivity index (χ0n) is 17.1. The molecule has 0 radical (unpaired) electrons. The van der Waals surface area contributed by atoms with Gasteiger partial charge in [0, 0.05) is 61.0 Å². The first kappa shape index (κ1) is 19.6. The van der Waals surface area contributed by atoms with Crippen LogP contribution in [0.15, 0.2) is 30.5 Å². The highest BCUT2D eigenvalue weighted by atomic mass is 16.1. The second-order valence-electron chi connectivity index (χ2n) is 7.87. The maximum atomic E-state index is 11.2. The smallest absolute Gasteiger partial charge is 0.219 e. The van der Waals surface area contributed by atoms with Crippen LogP contribution in [0.4, 0.5) is 0 Å². The molecule has 29 heavy (non-hydrogen) atoms. The molecule has 0 saturated heterocycles. The van der Waals surface area contributed by atoms with Crippen molar-refractivity contribution in [1.82, 2.24) is 19.9 Å². The van der Waals surface area contributed by atoms with E-state index in [2.05, 4.69) is 35.1 Å². The fourth-order valence-electron chi connectivity index (χ4n) is 4.26. The summed E-state index contributed by atoms with van der Waals surface area (Å²) in [5.74, 6) is 0.669.